The Kier molecular flexibility index (Phi) is 8.59. The first-order valence-corrected chi connectivity index (χ1v) is 13.3. The summed E-state index contributed by atoms with van der Waals surface area (Å²) in [6.07, 6.45) is 1.86. The van der Waals surface area contributed by atoms with Gasteiger partial charge >= 0.3 is 11.7 Å². The van der Waals surface area contributed by atoms with Crippen molar-refractivity contribution >= 4 is 11.9 Å². The van der Waals surface area contributed by atoms with Gasteiger partial charge in [0.15, 0.2) is 0 Å². The predicted molar refractivity (Wildman–Crippen MR) is 142 cm³/mol. The zero-order valence-electron chi connectivity index (χ0n) is 21.8. The predicted octanol–water partition coefficient (Wildman–Crippen LogP) is 6.81. The molecule has 3 aromatic rings. The summed E-state index contributed by atoms with van der Waals surface area (Å²) in [5, 5.41) is 9.51. The van der Waals surface area contributed by atoms with E-state index in [0.29, 0.717) is 36.0 Å². The van der Waals surface area contributed by atoms with Crippen molar-refractivity contribution in [2.45, 2.75) is 71.8 Å². The van der Waals surface area contributed by atoms with E-state index in [1.165, 1.54) is 10.6 Å². The van der Waals surface area contributed by atoms with Gasteiger partial charge in [-0.3, -0.25) is 9.36 Å². The Morgan fingerprint density at radius 1 is 1.00 bits per heavy atom. The number of rotatable bonds is 9. The van der Waals surface area contributed by atoms with Crippen molar-refractivity contribution in [1.29, 1.82) is 0 Å². The van der Waals surface area contributed by atoms with Crippen molar-refractivity contribution < 1.29 is 23.5 Å². The smallest absolute Gasteiger partial charge is 0.336 e. The summed E-state index contributed by atoms with van der Waals surface area (Å²) in [6, 6.07) is 13.7. The summed E-state index contributed by atoms with van der Waals surface area (Å²) < 4.78 is 31.0. The Hall–Kier alpha value is -3.55. The number of imidazole rings is 1. The van der Waals surface area contributed by atoms with E-state index in [0.717, 1.165) is 23.8 Å². The minimum Gasteiger partial charge on any atom is -0.478 e. The number of alkyl halides is 2. The highest BCUT2D eigenvalue weighted by molar-refractivity contribution is 5.96. The van der Waals surface area contributed by atoms with Gasteiger partial charge in [0.2, 0.25) is 5.91 Å². The zero-order chi connectivity index (χ0) is 27.4. The molecule has 8 heteroatoms. The first-order chi connectivity index (χ1) is 18.2. The fourth-order valence-electron chi connectivity index (χ4n) is 5.32. The molecule has 1 aliphatic carbocycles. The van der Waals surface area contributed by atoms with Crippen molar-refractivity contribution in [3.05, 3.63) is 81.5 Å². The molecule has 1 aliphatic rings. The molecule has 0 spiro atoms. The molecule has 2 aromatic carbocycles. The lowest BCUT2D eigenvalue weighted by Gasteiger charge is -2.21. The first-order valence-electron chi connectivity index (χ1n) is 13.3. The van der Waals surface area contributed by atoms with Crippen molar-refractivity contribution in [3.8, 4) is 11.1 Å². The van der Waals surface area contributed by atoms with Crippen LogP contribution >= 0.6 is 0 Å². The van der Waals surface area contributed by atoms with Gasteiger partial charge in [0, 0.05) is 11.6 Å². The molecule has 4 rings (SSSR count). The van der Waals surface area contributed by atoms with Crippen LogP contribution < -0.4 is 5.69 Å². The largest absolute Gasteiger partial charge is 0.478 e. The minimum atomic E-state index is -2.95. The van der Waals surface area contributed by atoms with E-state index in [2.05, 4.69) is 0 Å². The first kappa shape index (κ1) is 27.5. The number of carbonyl (C=O) groups excluding carboxylic acids is 1. The van der Waals surface area contributed by atoms with Crippen LogP contribution in [0.4, 0.5) is 8.78 Å². The molecule has 0 saturated heterocycles. The van der Waals surface area contributed by atoms with Crippen molar-refractivity contribution in [2.24, 2.45) is 11.8 Å². The topological polar surface area (TPSA) is 81.3 Å². The molecule has 38 heavy (non-hydrogen) atoms. The van der Waals surface area contributed by atoms with E-state index in [-0.39, 0.29) is 30.1 Å². The molecular weight excluding hydrogens is 490 g/mol. The summed E-state index contributed by atoms with van der Waals surface area (Å²) in [4.78, 5) is 38.5. The van der Waals surface area contributed by atoms with Gasteiger partial charge < -0.3 is 5.11 Å². The Balaban J connectivity index is 1.74. The summed E-state index contributed by atoms with van der Waals surface area (Å²) in [7, 11) is 0. The van der Waals surface area contributed by atoms with E-state index < -0.39 is 35.6 Å². The number of aromatic nitrogens is 2. The minimum absolute atomic E-state index is 0.0395. The average molecular weight is 525 g/mol. The normalized spacial score (nSPS) is 14.4. The molecule has 1 aromatic heterocycles. The quantitative estimate of drug-likeness (QED) is 0.333. The van der Waals surface area contributed by atoms with Gasteiger partial charge in [0.25, 0.3) is 6.43 Å². The average Bonchev–Trinajstić information content (AvgIpc) is 3.19. The number of nitrogens with zero attached hydrogens (tertiary/aromatic N) is 2. The lowest BCUT2D eigenvalue weighted by molar-refractivity contribution is 0.0696. The molecule has 0 bridgehead atoms. The molecule has 0 unspecified atom stereocenters. The highest BCUT2D eigenvalue weighted by Gasteiger charge is 2.33. The Bertz CT molecular complexity index is 1350. The standard InChI is InChI=1S/C30H34F2N2O4/c1-19(2)12-17-25-26(27(31)32)34(28(35)22-8-4-3-5-9-22)30(38)33(25)18-20-13-15-21(16-14-20)23-10-6-7-11-24(23)29(36)37/h6-7,10-11,13-16,19,22,27H,3-5,8-9,12,17-18H2,1-2H3,(H,36,37). The lowest BCUT2D eigenvalue weighted by atomic mass is 9.88. The summed E-state index contributed by atoms with van der Waals surface area (Å²) >= 11 is 0. The number of carbonyl (C=O) groups is 2. The van der Waals surface area contributed by atoms with E-state index in [1.807, 2.05) is 13.8 Å². The molecule has 6 nitrogen and oxygen atoms in total. The maximum Gasteiger partial charge on any atom is 0.336 e. The number of hydrogen-bond donors (Lipinski definition) is 1. The third-order valence-electron chi connectivity index (χ3n) is 7.39. The molecular formula is C30H34F2N2O4. The molecule has 202 valence electrons. The molecule has 0 radical (unpaired) electrons. The number of carboxylic acid groups (broad SMARTS) is 1. The molecule has 1 saturated carbocycles. The Morgan fingerprint density at radius 3 is 2.26 bits per heavy atom. The van der Waals surface area contributed by atoms with E-state index in [4.69, 9.17) is 0 Å². The third kappa shape index (κ3) is 5.79. The number of carboxylic acids is 1. The maximum absolute atomic E-state index is 14.4. The van der Waals surface area contributed by atoms with Crippen LogP contribution in [0, 0.1) is 11.8 Å². The SMILES string of the molecule is CC(C)CCc1c(C(F)F)n(C(=O)C2CCCCC2)c(=O)n1Cc1ccc(-c2ccccc2C(=O)O)cc1. The van der Waals surface area contributed by atoms with Crippen LogP contribution in [0.2, 0.25) is 0 Å². The van der Waals surface area contributed by atoms with E-state index in [1.54, 1.807) is 42.5 Å². The van der Waals surface area contributed by atoms with Gasteiger partial charge in [-0.1, -0.05) is 75.6 Å². The van der Waals surface area contributed by atoms with Gasteiger partial charge in [-0.15, -0.1) is 0 Å². The van der Waals surface area contributed by atoms with Crippen LogP contribution in [0.3, 0.4) is 0 Å². The van der Waals surface area contributed by atoms with Crippen molar-refractivity contribution in [1.82, 2.24) is 9.13 Å². The van der Waals surface area contributed by atoms with Crippen LogP contribution in [0.5, 0.6) is 0 Å². The molecule has 0 amide bonds. The number of aromatic carboxylic acids is 1. The fraction of sp³-hybridized carbons (Fsp3) is 0.433. The highest BCUT2D eigenvalue weighted by atomic mass is 19.3. The van der Waals surface area contributed by atoms with Crippen LogP contribution in [-0.2, 0) is 13.0 Å². The number of benzene rings is 2. The van der Waals surface area contributed by atoms with Crippen LogP contribution in [-0.4, -0.2) is 26.1 Å². The van der Waals surface area contributed by atoms with Gasteiger partial charge in [-0.25, -0.2) is 22.9 Å². The van der Waals surface area contributed by atoms with Gasteiger partial charge in [0.05, 0.1) is 12.1 Å². The fourth-order valence-corrected chi connectivity index (χ4v) is 5.32. The van der Waals surface area contributed by atoms with Gasteiger partial charge in [0.1, 0.15) is 5.69 Å². The summed E-state index contributed by atoms with van der Waals surface area (Å²) in [5.74, 6) is -1.74. The third-order valence-corrected chi connectivity index (χ3v) is 7.39. The molecule has 0 atom stereocenters. The lowest BCUT2D eigenvalue weighted by Crippen LogP contribution is -2.35. The summed E-state index contributed by atoms with van der Waals surface area (Å²) in [5.41, 5.74) is 1.14. The Morgan fingerprint density at radius 2 is 1.66 bits per heavy atom. The van der Waals surface area contributed by atoms with E-state index >= 15 is 0 Å². The van der Waals surface area contributed by atoms with Crippen molar-refractivity contribution in [2.75, 3.05) is 0 Å². The highest BCUT2D eigenvalue weighted by Crippen LogP contribution is 2.30. The van der Waals surface area contributed by atoms with Crippen LogP contribution in [0.1, 0.15) is 90.9 Å². The maximum atomic E-state index is 14.4. The van der Waals surface area contributed by atoms with Crippen LogP contribution in [0.25, 0.3) is 11.1 Å². The number of halogens is 2. The molecule has 1 N–H and O–H groups in total. The second kappa shape index (κ2) is 11.9. The van der Waals surface area contributed by atoms with Crippen molar-refractivity contribution in [3.63, 3.8) is 0 Å². The zero-order valence-corrected chi connectivity index (χ0v) is 21.8. The van der Waals surface area contributed by atoms with Gasteiger partial charge in [-0.2, -0.15) is 0 Å². The second-order valence-corrected chi connectivity index (χ2v) is 10.5. The summed E-state index contributed by atoms with van der Waals surface area (Å²) in [6.45, 7) is 4.02. The molecule has 1 heterocycles. The van der Waals surface area contributed by atoms with Gasteiger partial charge in [-0.05, 0) is 54.4 Å². The molecule has 1 fully saturated rings. The second-order valence-electron chi connectivity index (χ2n) is 10.5. The Labute approximate surface area is 220 Å². The molecule has 0 aliphatic heterocycles. The number of hydrogen-bond acceptors (Lipinski definition) is 3. The monoisotopic (exact) mass is 524 g/mol. The van der Waals surface area contributed by atoms with Crippen LogP contribution in [0.15, 0.2) is 53.3 Å². The van der Waals surface area contributed by atoms with E-state index in [9.17, 15) is 28.3 Å².